The number of hydrogen-bond donors (Lipinski definition) is 4. The van der Waals surface area contributed by atoms with E-state index in [-0.39, 0.29) is 0 Å². The fraction of sp³-hybridized carbons (Fsp3) is 0.500. The van der Waals surface area contributed by atoms with Crippen molar-refractivity contribution in [2.75, 3.05) is 6.61 Å². The number of aliphatic hydroxyl groups is 3. The van der Waals surface area contributed by atoms with Crippen LogP contribution >= 0.6 is 0 Å². The van der Waals surface area contributed by atoms with Gasteiger partial charge in [0.15, 0.2) is 0 Å². The molecule has 0 aliphatic heterocycles. The molecular formula is C16H24FNO6. The first-order valence-electron chi connectivity index (χ1n) is 7.43. The molecule has 0 saturated heterocycles. The van der Waals surface area contributed by atoms with Crippen molar-refractivity contribution in [1.29, 1.82) is 0 Å². The van der Waals surface area contributed by atoms with E-state index in [9.17, 15) is 24.6 Å². The highest BCUT2D eigenvalue weighted by molar-refractivity contribution is 5.94. The van der Waals surface area contributed by atoms with Gasteiger partial charge in [0, 0.05) is 5.56 Å². The Bertz CT molecular complexity index is 461. The maximum Gasteiger partial charge on any atom is 0.251 e. The lowest BCUT2D eigenvalue weighted by Gasteiger charge is -2.29. The molecule has 0 unspecified atom stereocenters. The number of hydrogen-bond acceptors (Lipinski definition) is 6. The van der Waals surface area contributed by atoms with Crippen LogP contribution in [0.3, 0.4) is 0 Å². The second kappa shape index (κ2) is 12.5. The Kier molecular flexibility index (Phi) is 11.6. The second-order valence-corrected chi connectivity index (χ2v) is 5.06. The summed E-state index contributed by atoms with van der Waals surface area (Å²) >= 11 is 0. The molecule has 4 atom stereocenters. The number of aliphatic hydroxyl groups excluding tert-OH is 3. The number of rotatable bonds is 9. The lowest BCUT2D eigenvalue weighted by atomic mass is 9.97. The molecule has 0 heterocycles. The molecule has 0 saturated carbocycles. The van der Waals surface area contributed by atoms with Crippen LogP contribution < -0.4 is 5.32 Å². The van der Waals surface area contributed by atoms with E-state index in [1.807, 2.05) is 13.7 Å². The number of carbonyl (C=O) groups excluding carboxylic acids is 2. The molecule has 0 aromatic heterocycles. The third-order valence-electron chi connectivity index (χ3n) is 3.34. The van der Waals surface area contributed by atoms with Crippen LogP contribution in [0.2, 0.25) is 0 Å². The Hall–Kier alpha value is -1.87. The highest BCUT2D eigenvalue weighted by Gasteiger charge is 2.32. The second-order valence-electron chi connectivity index (χ2n) is 5.06. The van der Waals surface area contributed by atoms with E-state index in [1.54, 1.807) is 30.3 Å². The van der Waals surface area contributed by atoms with Crippen molar-refractivity contribution in [3.63, 3.8) is 0 Å². The Balaban J connectivity index is 0.00000254. The van der Waals surface area contributed by atoms with E-state index < -0.39 is 36.9 Å². The minimum absolute atomic E-state index is 0.389. The largest absolute Gasteiger partial charge is 0.388 e. The van der Waals surface area contributed by atoms with E-state index in [2.05, 4.69) is 10.3 Å². The summed E-state index contributed by atoms with van der Waals surface area (Å²) in [6, 6.07) is 7.64. The molecule has 136 valence electrons. The predicted molar refractivity (Wildman–Crippen MR) is 84.8 cm³/mol. The molecule has 1 rings (SSSR count). The predicted octanol–water partition coefficient (Wildman–Crippen LogP) is 0.384. The summed E-state index contributed by atoms with van der Waals surface area (Å²) in [4.78, 5) is 23.4. The van der Waals surface area contributed by atoms with Crippen molar-refractivity contribution in [3.8, 4) is 0 Å². The SMILES string of the molecule is C=O.CCC[C@H](NC(=O)c1ccccc1)[C@@H](O)[C@H](O)[C@H](O)COF. The van der Waals surface area contributed by atoms with Crippen LogP contribution in [0.4, 0.5) is 4.53 Å². The molecule has 0 spiro atoms. The van der Waals surface area contributed by atoms with Crippen LogP contribution in [-0.2, 0) is 9.74 Å². The molecule has 1 aromatic rings. The van der Waals surface area contributed by atoms with E-state index >= 15 is 0 Å². The van der Waals surface area contributed by atoms with E-state index in [0.29, 0.717) is 18.4 Å². The van der Waals surface area contributed by atoms with Crippen molar-refractivity contribution in [2.24, 2.45) is 0 Å². The Morgan fingerprint density at radius 2 is 1.79 bits per heavy atom. The van der Waals surface area contributed by atoms with E-state index in [4.69, 9.17) is 4.79 Å². The van der Waals surface area contributed by atoms with Gasteiger partial charge in [-0.05, 0) is 23.1 Å². The number of amides is 1. The lowest BCUT2D eigenvalue weighted by Crippen LogP contribution is -2.52. The summed E-state index contributed by atoms with van der Waals surface area (Å²) in [6.07, 6.45) is -3.65. The number of carbonyl (C=O) groups is 2. The standard InChI is InChI=1S/C15H22FNO5.CH2O/c1-2-6-11(13(19)14(20)12(18)9-22-16)17-15(21)10-7-4-3-5-8-10;1-2/h3-5,7-8,11-14,18-20H,2,6,9H2,1H3,(H,17,21);1H2/t11-,12+,13+,14+;/m0./s1. The molecule has 0 bridgehead atoms. The number of benzene rings is 1. The minimum Gasteiger partial charge on any atom is -0.388 e. The fourth-order valence-electron chi connectivity index (χ4n) is 2.11. The van der Waals surface area contributed by atoms with Crippen molar-refractivity contribution in [3.05, 3.63) is 35.9 Å². The van der Waals surface area contributed by atoms with Crippen molar-refractivity contribution >= 4 is 12.7 Å². The smallest absolute Gasteiger partial charge is 0.251 e. The van der Waals surface area contributed by atoms with Gasteiger partial charge >= 0.3 is 0 Å². The van der Waals surface area contributed by atoms with Crippen LogP contribution in [0.25, 0.3) is 0 Å². The molecule has 4 N–H and O–H groups in total. The van der Waals surface area contributed by atoms with Crippen molar-refractivity contribution in [2.45, 2.75) is 44.1 Å². The lowest BCUT2D eigenvalue weighted by molar-refractivity contribution is -0.182. The summed E-state index contributed by atoms with van der Waals surface area (Å²) in [6.45, 7) is 3.09. The zero-order valence-corrected chi connectivity index (χ0v) is 13.5. The first-order chi connectivity index (χ1) is 11.5. The molecule has 1 aromatic carbocycles. The Morgan fingerprint density at radius 3 is 2.29 bits per heavy atom. The molecule has 0 fully saturated rings. The van der Waals surface area contributed by atoms with Gasteiger partial charge in [0.25, 0.3) is 5.91 Å². The first-order valence-corrected chi connectivity index (χ1v) is 7.43. The van der Waals surface area contributed by atoms with Crippen molar-refractivity contribution in [1.82, 2.24) is 5.32 Å². The zero-order chi connectivity index (χ0) is 18.5. The molecule has 24 heavy (non-hydrogen) atoms. The van der Waals surface area contributed by atoms with Crippen LogP contribution in [0.1, 0.15) is 30.1 Å². The van der Waals surface area contributed by atoms with Gasteiger partial charge in [-0.1, -0.05) is 31.5 Å². The summed E-state index contributed by atoms with van der Waals surface area (Å²) < 4.78 is 11.7. The molecule has 8 heteroatoms. The van der Waals surface area contributed by atoms with Gasteiger partial charge in [-0.15, -0.1) is 0 Å². The molecule has 7 nitrogen and oxygen atoms in total. The summed E-state index contributed by atoms with van der Waals surface area (Å²) in [5.41, 5.74) is 0.415. The maximum absolute atomic E-state index is 12.1. The van der Waals surface area contributed by atoms with Crippen LogP contribution in [-0.4, -0.2) is 59.0 Å². The third kappa shape index (κ3) is 7.14. The topological polar surface area (TPSA) is 116 Å². The van der Waals surface area contributed by atoms with Crippen LogP contribution in [0.15, 0.2) is 30.3 Å². The van der Waals surface area contributed by atoms with Gasteiger partial charge in [-0.25, -0.2) is 0 Å². The highest BCUT2D eigenvalue weighted by atomic mass is 19.3. The fourth-order valence-corrected chi connectivity index (χ4v) is 2.11. The molecular weight excluding hydrogens is 321 g/mol. The molecule has 0 aliphatic rings. The van der Waals surface area contributed by atoms with Gasteiger partial charge < -0.3 is 25.4 Å². The first kappa shape index (κ1) is 22.1. The summed E-state index contributed by atoms with van der Waals surface area (Å²) in [5.74, 6) is -0.401. The molecule has 0 aliphatic carbocycles. The van der Waals surface area contributed by atoms with Gasteiger partial charge in [0.05, 0.1) is 6.04 Å². The van der Waals surface area contributed by atoms with Gasteiger partial charge in [0.1, 0.15) is 31.7 Å². The average Bonchev–Trinajstić information content (AvgIpc) is 2.62. The zero-order valence-electron chi connectivity index (χ0n) is 13.5. The summed E-state index contributed by atoms with van der Waals surface area (Å²) in [7, 11) is 0. The average molecular weight is 345 g/mol. The third-order valence-corrected chi connectivity index (χ3v) is 3.34. The highest BCUT2D eigenvalue weighted by Crippen LogP contribution is 2.12. The minimum atomic E-state index is -1.64. The Labute approximate surface area is 140 Å². The quantitative estimate of drug-likeness (QED) is 0.514. The maximum atomic E-state index is 12.1. The van der Waals surface area contributed by atoms with Gasteiger partial charge in [-0.3, -0.25) is 4.79 Å². The van der Waals surface area contributed by atoms with E-state index in [1.165, 1.54) is 0 Å². The normalized spacial score (nSPS) is 15.4. The van der Waals surface area contributed by atoms with Gasteiger partial charge in [0.2, 0.25) is 0 Å². The van der Waals surface area contributed by atoms with Crippen LogP contribution in [0.5, 0.6) is 0 Å². The van der Waals surface area contributed by atoms with Gasteiger partial charge in [-0.2, -0.15) is 4.94 Å². The van der Waals surface area contributed by atoms with E-state index in [0.717, 1.165) is 0 Å². The van der Waals surface area contributed by atoms with Crippen molar-refractivity contribution < 1.29 is 34.4 Å². The Morgan fingerprint density at radius 1 is 1.21 bits per heavy atom. The number of halogens is 1. The van der Waals surface area contributed by atoms with Crippen LogP contribution in [0, 0.1) is 0 Å². The molecule has 0 radical (unpaired) electrons. The molecule has 1 amide bonds. The summed E-state index contributed by atoms with van der Waals surface area (Å²) in [5, 5.41) is 32.0. The number of nitrogens with one attached hydrogen (secondary N) is 1. The monoisotopic (exact) mass is 345 g/mol.